The van der Waals surface area contributed by atoms with Crippen LogP contribution in [0, 0.1) is 12.3 Å². The van der Waals surface area contributed by atoms with Crippen LogP contribution in [-0.4, -0.2) is 0 Å². The number of benzene rings is 3. The summed E-state index contributed by atoms with van der Waals surface area (Å²) < 4.78 is 19.6. The molecule has 0 heterocycles. The van der Waals surface area contributed by atoms with Gasteiger partial charge < -0.3 is 0 Å². The Labute approximate surface area is 215 Å². The molecule has 0 nitrogen and oxygen atoms in total. The molecular formula is C30H27F2PZr. The molecule has 2 aliphatic rings. The standard InChI is InChI=1S/C21H16P.C9H11.2FH.Zr/c1-3-11-19(12-4-1)22(20-13-5-2-6-14-20)21-15-17-9-7-8-10-18(17)16-21;1-2-5-9-7-3-6-8(9)4-1;;;/h1-16H;1-2,4,6,9H,3,5,7H2;2*1H;/q2*-1;;;+4/p-2. The van der Waals surface area contributed by atoms with E-state index in [2.05, 4.69) is 122 Å². The number of halogens is 2. The van der Waals surface area contributed by atoms with Crippen molar-refractivity contribution in [3.8, 4) is 0 Å². The molecule has 34 heavy (non-hydrogen) atoms. The van der Waals surface area contributed by atoms with Gasteiger partial charge in [-0.2, -0.15) is 6.07 Å². The van der Waals surface area contributed by atoms with Gasteiger partial charge in [0.15, 0.2) is 0 Å². The van der Waals surface area contributed by atoms with E-state index in [-0.39, 0.29) is 0 Å². The molecule has 1 atom stereocenters. The van der Waals surface area contributed by atoms with Crippen LogP contribution in [-0.2, 0) is 24.5 Å². The molecule has 4 aromatic carbocycles. The zero-order chi connectivity index (χ0) is 23.6. The first-order chi connectivity index (χ1) is 16.8. The summed E-state index contributed by atoms with van der Waals surface area (Å²) in [4.78, 5) is 0. The SMILES string of the molecule is C1=CCC2CC[CH-]C2=C1.[F][Zr+2][F].c1ccc(P(c2ccccc2)c2cc3ccccc3[cH-]2)cc1. The molecule has 0 radical (unpaired) electrons. The van der Waals surface area contributed by atoms with Crippen molar-refractivity contribution in [1.82, 2.24) is 0 Å². The quantitative estimate of drug-likeness (QED) is 0.183. The zero-order valence-corrected chi connectivity index (χ0v) is 22.3. The van der Waals surface area contributed by atoms with Crippen molar-refractivity contribution in [1.29, 1.82) is 0 Å². The van der Waals surface area contributed by atoms with Crippen LogP contribution in [0.15, 0.2) is 121 Å². The summed E-state index contributed by atoms with van der Waals surface area (Å²) in [6.45, 7) is 0. The fraction of sp³-hybridized carbons (Fsp3) is 0.133. The molecule has 2 aliphatic carbocycles. The van der Waals surface area contributed by atoms with Gasteiger partial charge in [-0.25, -0.2) is 18.1 Å². The minimum atomic E-state index is -2.77. The monoisotopic (exact) mass is 546 g/mol. The average molecular weight is 548 g/mol. The van der Waals surface area contributed by atoms with Crippen LogP contribution < -0.4 is 15.9 Å². The van der Waals surface area contributed by atoms with Crippen LogP contribution >= 0.6 is 7.92 Å². The Hall–Kier alpha value is -2.21. The predicted octanol–water partition coefficient (Wildman–Crippen LogP) is 7.64. The van der Waals surface area contributed by atoms with E-state index in [9.17, 15) is 5.25 Å². The van der Waals surface area contributed by atoms with Crippen LogP contribution in [0.3, 0.4) is 0 Å². The Balaban J connectivity index is 0.000000189. The van der Waals surface area contributed by atoms with Gasteiger partial charge in [0.1, 0.15) is 0 Å². The molecule has 4 aromatic rings. The van der Waals surface area contributed by atoms with E-state index >= 15 is 0 Å². The molecule has 1 saturated carbocycles. The summed E-state index contributed by atoms with van der Waals surface area (Å²) >= 11 is -2.77. The first kappa shape index (κ1) is 24.9. The van der Waals surface area contributed by atoms with E-state index < -0.39 is 32.4 Å². The number of hydrogen-bond donors (Lipinski definition) is 0. The minimum Gasteiger partial charge on any atom is -0.160 e. The average Bonchev–Trinajstić information content (AvgIpc) is 3.53. The van der Waals surface area contributed by atoms with E-state index in [0.29, 0.717) is 0 Å². The number of fused-ring (bicyclic) bond motifs is 2. The molecule has 170 valence electrons. The predicted molar refractivity (Wildman–Crippen MR) is 139 cm³/mol. The van der Waals surface area contributed by atoms with E-state index in [1.807, 2.05) is 0 Å². The minimum absolute atomic E-state index is 0.493. The largest absolute Gasteiger partial charge is 0.160 e. The van der Waals surface area contributed by atoms with Crippen molar-refractivity contribution < 1.29 is 29.7 Å². The first-order valence-corrected chi connectivity index (χ1v) is 14.7. The van der Waals surface area contributed by atoms with Crippen molar-refractivity contribution >= 4 is 34.6 Å². The Bertz CT molecular complexity index is 1140. The molecular weight excluding hydrogens is 521 g/mol. The summed E-state index contributed by atoms with van der Waals surface area (Å²) in [6.07, 6.45) is 13.0. The second kappa shape index (κ2) is 13.0. The second-order valence-corrected chi connectivity index (χ2v) is 10.8. The Kier molecular flexibility index (Phi) is 9.55. The summed E-state index contributed by atoms with van der Waals surface area (Å²) in [5, 5.41) is 6.89. The van der Waals surface area contributed by atoms with Crippen LogP contribution in [0.1, 0.15) is 19.3 Å². The van der Waals surface area contributed by atoms with Gasteiger partial charge in [-0.15, -0.1) is 58.9 Å². The molecule has 1 fully saturated rings. The van der Waals surface area contributed by atoms with Crippen LogP contribution in [0.5, 0.6) is 0 Å². The first-order valence-electron chi connectivity index (χ1n) is 11.5. The third kappa shape index (κ3) is 6.47. The molecule has 6 rings (SSSR count). The van der Waals surface area contributed by atoms with Crippen molar-refractivity contribution in [2.24, 2.45) is 5.92 Å². The molecule has 4 heteroatoms. The van der Waals surface area contributed by atoms with Crippen molar-refractivity contribution in [2.45, 2.75) is 19.3 Å². The molecule has 0 amide bonds. The molecule has 0 aromatic heterocycles. The van der Waals surface area contributed by atoms with Crippen molar-refractivity contribution in [2.75, 3.05) is 0 Å². The van der Waals surface area contributed by atoms with Gasteiger partial charge >= 0.3 is 29.7 Å². The maximum absolute atomic E-state index is 9.80. The third-order valence-electron chi connectivity index (χ3n) is 6.10. The number of allylic oxidation sites excluding steroid dienone is 4. The number of rotatable bonds is 3. The Morgan fingerprint density at radius 3 is 2.06 bits per heavy atom. The van der Waals surface area contributed by atoms with E-state index in [1.54, 1.807) is 5.57 Å². The topological polar surface area (TPSA) is 0 Å². The van der Waals surface area contributed by atoms with E-state index in [4.69, 9.17) is 0 Å². The van der Waals surface area contributed by atoms with Gasteiger partial charge in [0.05, 0.1) is 0 Å². The third-order valence-corrected chi connectivity index (χ3v) is 8.51. The maximum Gasteiger partial charge on any atom is -0.0166 e. The van der Waals surface area contributed by atoms with Crippen LogP contribution in [0.2, 0.25) is 0 Å². The second-order valence-electron chi connectivity index (χ2n) is 8.23. The maximum atomic E-state index is 9.80. The van der Waals surface area contributed by atoms with Gasteiger partial charge in [0, 0.05) is 0 Å². The summed E-state index contributed by atoms with van der Waals surface area (Å²) in [5.74, 6) is 0.884. The molecule has 0 saturated heterocycles. The normalized spacial score (nSPS) is 15.7. The van der Waals surface area contributed by atoms with Gasteiger partial charge in [0.2, 0.25) is 0 Å². The Morgan fingerprint density at radius 1 is 0.824 bits per heavy atom. The fourth-order valence-electron chi connectivity index (χ4n) is 4.53. The zero-order valence-electron chi connectivity index (χ0n) is 18.9. The smallest absolute Gasteiger partial charge is 0.0166 e. The van der Waals surface area contributed by atoms with Crippen LogP contribution in [0.25, 0.3) is 10.8 Å². The Morgan fingerprint density at radius 2 is 1.44 bits per heavy atom. The van der Waals surface area contributed by atoms with Crippen molar-refractivity contribution in [3.63, 3.8) is 0 Å². The van der Waals surface area contributed by atoms with Crippen molar-refractivity contribution in [3.05, 3.63) is 127 Å². The molecule has 0 N–H and O–H groups in total. The van der Waals surface area contributed by atoms with E-state index in [0.717, 1.165) is 5.92 Å². The summed E-state index contributed by atoms with van der Waals surface area (Å²) in [5.41, 5.74) is 1.58. The molecule has 0 bridgehead atoms. The van der Waals surface area contributed by atoms with Gasteiger partial charge in [-0.1, -0.05) is 73.2 Å². The summed E-state index contributed by atoms with van der Waals surface area (Å²) in [7, 11) is -0.493. The molecule has 0 aliphatic heterocycles. The van der Waals surface area contributed by atoms with Crippen LogP contribution in [0.4, 0.5) is 5.25 Å². The summed E-state index contributed by atoms with van der Waals surface area (Å²) in [6, 6.07) is 35.0. The fourth-order valence-corrected chi connectivity index (χ4v) is 6.90. The van der Waals surface area contributed by atoms with E-state index in [1.165, 1.54) is 45.9 Å². The van der Waals surface area contributed by atoms with Gasteiger partial charge in [-0.3, -0.25) is 0 Å². The molecule has 1 unspecified atom stereocenters. The van der Waals surface area contributed by atoms with Gasteiger partial charge in [-0.05, 0) is 30.9 Å². The van der Waals surface area contributed by atoms with Gasteiger partial charge in [0.25, 0.3) is 0 Å². The number of hydrogen-bond acceptors (Lipinski definition) is 0. The molecule has 0 spiro atoms.